The molecule has 0 saturated heterocycles. The summed E-state index contributed by atoms with van der Waals surface area (Å²) in [4.78, 5) is 25.0. The van der Waals surface area contributed by atoms with Crippen LogP contribution in [0.5, 0.6) is 0 Å². The Morgan fingerprint density at radius 2 is 2.12 bits per heavy atom. The number of benzene rings is 1. The molecule has 0 spiro atoms. The van der Waals surface area contributed by atoms with E-state index in [1.165, 1.54) is 0 Å². The second-order valence-electron chi connectivity index (χ2n) is 3.77. The van der Waals surface area contributed by atoms with Gasteiger partial charge in [0, 0.05) is 11.3 Å². The molecule has 0 radical (unpaired) electrons. The number of nitrogens with one attached hydrogen (secondary N) is 1. The van der Waals surface area contributed by atoms with Crippen LogP contribution < -0.4 is 11.1 Å². The lowest BCUT2D eigenvalue weighted by Crippen LogP contribution is -2.21. The van der Waals surface area contributed by atoms with E-state index >= 15 is 0 Å². The van der Waals surface area contributed by atoms with Crippen molar-refractivity contribution in [3.63, 3.8) is 0 Å². The minimum Gasteiger partial charge on any atom is -0.351 e. The lowest BCUT2D eigenvalue weighted by molar-refractivity contribution is 0.259. The van der Waals surface area contributed by atoms with E-state index in [-0.39, 0.29) is 0 Å². The molecule has 1 saturated carbocycles. The molecule has 1 aliphatic carbocycles. The van der Waals surface area contributed by atoms with E-state index < -0.39 is 11.6 Å². The van der Waals surface area contributed by atoms with Gasteiger partial charge in [-0.1, -0.05) is 18.2 Å². The van der Waals surface area contributed by atoms with Gasteiger partial charge in [0.25, 0.3) is 0 Å². The number of carbonyl (C=O) groups is 1. The monoisotopic (exact) mass is 217 g/mol. The predicted molar refractivity (Wildman–Crippen MR) is 58.7 cm³/mol. The summed E-state index contributed by atoms with van der Waals surface area (Å²) in [5.74, 6) is 0. The van der Waals surface area contributed by atoms with Crippen LogP contribution in [0, 0.1) is 0 Å². The van der Waals surface area contributed by atoms with Crippen molar-refractivity contribution in [2.24, 2.45) is 10.7 Å². The fourth-order valence-electron chi connectivity index (χ4n) is 1.78. The summed E-state index contributed by atoms with van der Waals surface area (Å²) in [5, 5.41) is 2.53. The minimum atomic E-state index is -0.627. The Morgan fingerprint density at radius 1 is 1.44 bits per heavy atom. The van der Waals surface area contributed by atoms with E-state index in [1.54, 1.807) is 18.2 Å². The Labute approximate surface area is 92.4 Å². The van der Waals surface area contributed by atoms with Gasteiger partial charge in [-0.05, 0) is 18.9 Å². The molecule has 0 unspecified atom stereocenters. The van der Waals surface area contributed by atoms with Crippen molar-refractivity contribution in [3.8, 4) is 0 Å². The molecular weight excluding hydrogens is 206 g/mol. The Hall–Kier alpha value is -2.13. The molecule has 1 fully saturated rings. The van der Waals surface area contributed by atoms with Crippen molar-refractivity contribution < 1.29 is 9.59 Å². The number of nitrogens with zero attached hydrogens (tertiary/aromatic N) is 1. The Kier molecular flexibility index (Phi) is 2.46. The highest BCUT2D eigenvalue weighted by Gasteiger charge is 2.46. The maximum Gasteiger partial charge on any atom is 0.316 e. The molecule has 1 aromatic carbocycles. The third-order valence-corrected chi connectivity index (χ3v) is 2.67. The third-order valence-electron chi connectivity index (χ3n) is 2.67. The number of urea groups is 1. The maximum absolute atomic E-state index is 10.8. The molecule has 0 bridgehead atoms. The number of nitrogens with two attached hydrogens (primary N) is 1. The lowest BCUT2D eigenvalue weighted by atomic mass is 10.0. The van der Waals surface area contributed by atoms with Crippen molar-refractivity contribution in [1.29, 1.82) is 0 Å². The smallest absolute Gasteiger partial charge is 0.316 e. The van der Waals surface area contributed by atoms with E-state index in [9.17, 15) is 9.59 Å². The molecule has 0 aromatic heterocycles. The number of primary amides is 1. The summed E-state index contributed by atoms with van der Waals surface area (Å²) >= 11 is 0. The number of para-hydroxylation sites is 1. The molecular formula is C11H11N3O2. The topological polar surface area (TPSA) is 84.6 Å². The summed E-state index contributed by atoms with van der Waals surface area (Å²) in [7, 11) is 0. The highest BCUT2D eigenvalue weighted by atomic mass is 16.2. The number of amides is 2. The molecule has 82 valence electrons. The van der Waals surface area contributed by atoms with Gasteiger partial charge < -0.3 is 11.1 Å². The second kappa shape index (κ2) is 3.79. The van der Waals surface area contributed by atoms with Crippen LogP contribution in [-0.2, 0) is 10.3 Å². The van der Waals surface area contributed by atoms with Crippen LogP contribution in [-0.4, -0.2) is 12.1 Å². The van der Waals surface area contributed by atoms with Crippen molar-refractivity contribution in [2.75, 3.05) is 5.32 Å². The highest BCUT2D eigenvalue weighted by Crippen LogP contribution is 2.51. The highest BCUT2D eigenvalue weighted by molar-refractivity contribution is 5.89. The maximum atomic E-state index is 10.8. The number of hydrogen-bond acceptors (Lipinski definition) is 3. The van der Waals surface area contributed by atoms with Gasteiger partial charge in [-0.2, -0.15) is 4.99 Å². The van der Waals surface area contributed by atoms with Gasteiger partial charge in [-0.3, -0.25) is 0 Å². The molecule has 2 amide bonds. The van der Waals surface area contributed by atoms with Gasteiger partial charge in [0.05, 0.1) is 0 Å². The normalized spacial score (nSPS) is 16.0. The van der Waals surface area contributed by atoms with E-state index in [0.29, 0.717) is 5.69 Å². The van der Waals surface area contributed by atoms with E-state index in [1.807, 2.05) is 12.1 Å². The Morgan fingerprint density at radius 3 is 2.69 bits per heavy atom. The minimum absolute atomic E-state index is 0.499. The SMILES string of the molecule is NC(=O)Nc1ccccc1C1(N=C=O)CC1. The van der Waals surface area contributed by atoms with Crippen LogP contribution in [0.15, 0.2) is 29.3 Å². The summed E-state index contributed by atoms with van der Waals surface area (Å²) < 4.78 is 0. The zero-order valence-electron chi connectivity index (χ0n) is 8.56. The Bertz CT molecular complexity index is 474. The first-order valence-electron chi connectivity index (χ1n) is 4.93. The third kappa shape index (κ3) is 1.81. The first kappa shape index (κ1) is 10.4. The summed E-state index contributed by atoms with van der Waals surface area (Å²) in [6, 6.07) is 6.56. The zero-order valence-corrected chi connectivity index (χ0v) is 8.56. The van der Waals surface area contributed by atoms with Crippen molar-refractivity contribution in [1.82, 2.24) is 0 Å². The molecule has 5 nitrogen and oxygen atoms in total. The zero-order chi connectivity index (χ0) is 11.6. The van der Waals surface area contributed by atoms with Crippen molar-refractivity contribution in [2.45, 2.75) is 18.4 Å². The first-order valence-corrected chi connectivity index (χ1v) is 4.93. The molecule has 2 rings (SSSR count). The second-order valence-corrected chi connectivity index (χ2v) is 3.77. The van der Waals surface area contributed by atoms with Crippen LogP contribution in [0.3, 0.4) is 0 Å². The number of hydrogen-bond donors (Lipinski definition) is 2. The van der Waals surface area contributed by atoms with Crippen molar-refractivity contribution in [3.05, 3.63) is 29.8 Å². The molecule has 5 heteroatoms. The standard InChI is InChI=1S/C11H11N3O2/c12-10(16)14-9-4-2-1-3-8(9)11(5-6-11)13-7-15/h1-4H,5-6H2,(H3,12,14,16). The first-order chi connectivity index (χ1) is 7.68. The van der Waals surface area contributed by atoms with Gasteiger partial charge in [0.1, 0.15) is 5.54 Å². The largest absolute Gasteiger partial charge is 0.351 e. The number of anilines is 1. The van der Waals surface area contributed by atoms with Gasteiger partial charge in [-0.25, -0.2) is 9.59 Å². The molecule has 0 aliphatic heterocycles. The molecule has 16 heavy (non-hydrogen) atoms. The molecule has 1 aromatic rings. The average molecular weight is 217 g/mol. The summed E-state index contributed by atoms with van der Waals surface area (Å²) in [5.41, 5.74) is 5.99. The Balaban J connectivity index is 2.40. The molecule has 3 N–H and O–H groups in total. The van der Waals surface area contributed by atoms with Crippen LogP contribution in [0.1, 0.15) is 18.4 Å². The van der Waals surface area contributed by atoms with E-state index in [2.05, 4.69) is 10.3 Å². The molecule has 1 aliphatic rings. The van der Waals surface area contributed by atoms with Crippen LogP contribution in [0.2, 0.25) is 0 Å². The predicted octanol–water partition coefficient (Wildman–Crippen LogP) is 1.50. The molecule has 0 atom stereocenters. The van der Waals surface area contributed by atoms with Gasteiger partial charge in [-0.15, -0.1) is 0 Å². The lowest BCUT2D eigenvalue weighted by Gasteiger charge is -2.13. The fraction of sp³-hybridized carbons (Fsp3) is 0.273. The van der Waals surface area contributed by atoms with Crippen molar-refractivity contribution >= 4 is 17.8 Å². The summed E-state index contributed by atoms with van der Waals surface area (Å²) in [6.45, 7) is 0. The van der Waals surface area contributed by atoms with Crippen LogP contribution in [0.25, 0.3) is 0 Å². The van der Waals surface area contributed by atoms with E-state index in [4.69, 9.17) is 5.73 Å². The van der Waals surface area contributed by atoms with Gasteiger partial charge in [0.2, 0.25) is 6.08 Å². The number of aliphatic imine (C=N–C) groups is 1. The number of rotatable bonds is 3. The van der Waals surface area contributed by atoms with Crippen LogP contribution in [0.4, 0.5) is 10.5 Å². The number of isocyanates is 1. The average Bonchev–Trinajstić information content (AvgIpc) is 2.99. The fourth-order valence-corrected chi connectivity index (χ4v) is 1.78. The van der Waals surface area contributed by atoms with E-state index in [0.717, 1.165) is 18.4 Å². The van der Waals surface area contributed by atoms with Crippen LogP contribution >= 0.6 is 0 Å². The summed E-state index contributed by atoms with van der Waals surface area (Å²) in [6.07, 6.45) is 3.16. The van der Waals surface area contributed by atoms with Gasteiger partial charge in [0.15, 0.2) is 0 Å². The molecule has 0 heterocycles. The van der Waals surface area contributed by atoms with Gasteiger partial charge >= 0.3 is 6.03 Å². The quantitative estimate of drug-likeness (QED) is 0.594. The number of carbonyl (C=O) groups excluding carboxylic acids is 2.